The molecule has 0 saturated heterocycles. The zero-order valence-electron chi connectivity index (χ0n) is 44.2. The molecule has 0 fully saturated rings. The lowest BCUT2D eigenvalue weighted by molar-refractivity contribution is -0.887. The first kappa shape index (κ1) is 63.5. The zero-order valence-corrected chi connectivity index (χ0v) is 44.2. The number of rotatable bonds is 51. The van der Waals surface area contributed by atoms with Gasteiger partial charge in [0, 0.05) is 19.3 Å². The predicted octanol–water partition coefficient (Wildman–Crippen LogP) is 16.5. The summed E-state index contributed by atoms with van der Waals surface area (Å²) in [6.07, 6.45) is 59.1. The monoisotopic (exact) mass is 931 g/mol. The van der Waals surface area contributed by atoms with Crippen molar-refractivity contribution in [3.63, 3.8) is 0 Å². The average molecular weight is 932 g/mol. The molecule has 1 N–H and O–H groups in total. The number of hydrogen-bond acceptors (Lipinski definition) is 6. The molecule has 0 aromatic rings. The van der Waals surface area contributed by atoms with Crippen LogP contribution in [0.1, 0.15) is 264 Å². The third kappa shape index (κ3) is 46.7. The van der Waals surface area contributed by atoms with Crippen molar-refractivity contribution in [1.29, 1.82) is 0 Å². The molecular formula is C58H108NO7+. The number of ether oxygens (including phenoxy) is 3. The molecule has 0 bridgehead atoms. The van der Waals surface area contributed by atoms with E-state index in [0.29, 0.717) is 19.3 Å². The second-order valence-corrected chi connectivity index (χ2v) is 20.2. The number of hydrogen-bond donors (Lipinski definition) is 1. The third-order valence-corrected chi connectivity index (χ3v) is 12.8. The summed E-state index contributed by atoms with van der Waals surface area (Å²) in [5, 5.41) is 9.67. The van der Waals surface area contributed by atoms with Crippen molar-refractivity contribution in [1.82, 2.24) is 0 Å². The van der Waals surface area contributed by atoms with Crippen molar-refractivity contribution in [2.24, 2.45) is 0 Å². The average Bonchev–Trinajstić information content (AvgIpc) is 3.28. The van der Waals surface area contributed by atoms with Crippen LogP contribution in [0.4, 0.5) is 0 Å². The maximum Gasteiger partial charge on any atom is 0.362 e. The predicted molar refractivity (Wildman–Crippen MR) is 280 cm³/mol. The van der Waals surface area contributed by atoms with Crippen molar-refractivity contribution in [3.8, 4) is 0 Å². The summed E-state index contributed by atoms with van der Waals surface area (Å²) in [5.41, 5.74) is 0. The molecule has 0 aliphatic carbocycles. The molecule has 0 saturated carbocycles. The molecule has 0 aromatic carbocycles. The molecule has 386 valence electrons. The van der Waals surface area contributed by atoms with Crippen LogP contribution < -0.4 is 0 Å². The Morgan fingerprint density at radius 2 is 0.803 bits per heavy atom. The van der Waals surface area contributed by atoms with Crippen molar-refractivity contribution in [2.75, 3.05) is 41.0 Å². The van der Waals surface area contributed by atoms with Crippen molar-refractivity contribution in [2.45, 2.75) is 276 Å². The molecule has 8 heteroatoms. The van der Waals surface area contributed by atoms with Crippen LogP contribution in [0.3, 0.4) is 0 Å². The second kappa shape index (κ2) is 49.0. The third-order valence-electron chi connectivity index (χ3n) is 12.8. The van der Waals surface area contributed by atoms with Crippen LogP contribution in [0.15, 0.2) is 36.5 Å². The number of carbonyl (C=O) groups excluding carboxylic acids is 2. The lowest BCUT2D eigenvalue weighted by Crippen LogP contribution is -2.50. The standard InChI is InChI=1S/C58H107NO7/c1-6-8-10-12-14-16-18-20-22-24-26-28-29-31-32-34-36-38-40-42-44-46-48-56(60)65-53-54(52-64-51-50-55(58(62)63)59(3,4)5)66-57(61)49-47-45-43-41-39-37-35-33-30-27-25-23-21-19-17-15-13-11-9-7-2/h17,19,21,23,29,31,54-55H,6-16,18,20,22,24-28,30,32-53H2,1-5H3/p+1/b19-17+,23-21+,31-29+. The summed E-state index contributed by atoms with van der Waals surface area (Å²) in [7, 11) is 5.54. The van der Waals surface area contributed by atoms with Gasteiger partial charge in [0.15, 0.2) is 12.1 Å². The SMILES string of the molecule is CCCCCC/C=C/C=C/CCCCCCCCCCCCC(=O)OC(COCCC(C(=O)O)[N+](C)(C)C)COC(=O)CCCCCCCCC/C=C/CCCCCCCCCCCCC. The first-order chi connectivity index (χ1) is 32.1. The summed E-state index contributed by atoms with van der Waals surface area (Å²) >= 11 is 0. The van der Waals surface area contributed by atoms with E-state index in [1.54, 1.807) is 0 Å². The molecule has 0 amide bonds. The van der Waals surface area contributed by atoms with Gasteiger partial charge in [-0.3, -0.25) is 9.59 Å². The van der Waals surface area contributed by atoms with E-state index in [1.807, 2.05) is 21.1 Å². The quantitative estimate of drug-likeness (QED) is 0.0213. The number of carboxylic acid groups (broad SMARTS) is 1. The van der Waals surface area contributed by atoms with E-state index in [2.05, 4.69) is 50.3 Å². The highest BCUT2D eigenvalue weighted by atomic mass is 16.6. The van der Waals surface area contributed by atoms with E-state index in [4.69, 9.17) is 14.2 Å². The highest BCUT2D eigenvalue weighted by Gasteiger charge is 2.31. The molecule has 0 radical (unpaired) electrons. The molecule has 0 aliphatic rings. The number of aliphatic carboxylic acids is 1. The molecule has 0 rings (SSSR count). The van der Waals surface area contributed by atoms with E-state index < -0.39 is 18.1 Å². The van der Waals surface area contributed by atoms with Gasteiger partial charge in [0.2, 0.25) is 0 Å². The molecule has 0 heterocycles. The molecule has 0 spiro atoms. The van der Waals surface area contributed by atoms with Gasteiger partial charge in [-0.05, 0) is 64.2 Å². The Morgan fingerprint density at radius 1 is 0.455 bits per heavy atom. The molecule has 0 aromatic heterocycles. The number of nitrogens with zero attached hydrogens (tertiary/aromatic N) is 1. The molecule has 66 heavy (non-hydrogen) atoms. The summed E-state index contributed by atoms with van der Waals surface area (Å²) in [4.78, 5) is 37.2. The Balaban J connectivity index is 4.18. The molecule has 8 nitrogen and oxygen atoms in total. The van der Waals surface area contributed by atoms with Gasteiger partial charge in [0.05, 0.1) is 34.4 Å². The van der Waals surface area contributed by atoms with Crippen LogP contribution >= 0.6 is 0 Å². The van der Waals surface area contributed by atoms with Gasteiger partial charge in [-0.1, -0.05) is 217 Å². The Labute approximate surface area is 408 Å². The number of carboxylic acids is 1. The van der Waals surface area contributed by atoms with Crippen LogP contribution in [0.25, 0.3) is 0 Å². The Kier molecular flexibility index (Phi) is 47.2. The molecule has 0 aliphatic heterocycles. The smallest absolute Gasteiger partial charge is 0.362 e. The highest BCUT2D eigenvalue weighted by Crippen LogP contribution is 2.16. The maximum absolute atomic E-state index is 12.8. The van der Waals surface area contributed by atoms with Crippen LogP contribution in [-0.4, -0.2) is 80.6 Å². The van der Waals surface area contributed by atoms with Gasteiger partial charge in [0.1, 0.15) is 6.61 Å². The summed E-state index contributed by atoms with van der Waals surface area (Å²) < 4.78 is 17.4. The molecular weight excluding hydrogens is 823 g/mol. The number of esters is 2. The molecule has 2 atom stereocenters. The lowest BCUT2D eigenvalue weighted by atomic mass is 10.0. The summed E-state index contributed by atoms with van der Waals surface area (Å²) in [5.74, 6) is -1.46. The lowest BCUT2D eigenvalue weighted by Gasteiger charge is -2.31. The Morgan fingerprint density at radius 3 is 1.20 bits per heavy atom. The van der Waals surface area contributed by atoms with Crippen LogP contribution in [0.5, 0.6) is 0 Å². The molecule has 2 unspecified atom stereocenters. The topological polar surface area (TPSA) is 99.1 Å². The van der Waals surface area contributed by atoms with E-state index in [0.717, 1.165) is 38.5 Å². The van der Waals surface area contributed by atoms with Gasteiger partial charge in [-0.15, -0.1) is 0 Å². The van der Waals surface area contributed by atoms with Crippen molar-refractivity contribution in [3.05, 3.63) is 36.5 Å². The fraction of sp³-hybridized carbons (Fsp3) is 0.845. The Bertz CT molecular complexity index is 1170. The fourth-order valence-corrected chi connectivity index (χ4v) is 8.43. The maximum atomic E-state index is 12.8. The zero-order chi connectivity index (χ0) is 48.4. The van der Waals surface area contributed by atoms with Gasteiger partial charge in [0.25, 0.3) is 0 Å². The van der Waals surface area contributed by atoms with E-state index in [1.165, 1.54) is 193 Å². The minimum Gasteiger partial charge on any atom is -0.477 e. The minimum atomic E-state index is -0.873. The van der Waals surface area contributed by atoms with Gasteiger partial charge >= 0.3 is 17.9 Å². The van der Waals surface area contributed by atoms with Crippen LogP contribution in [-0.2, 0) is 28.6 Å². The van der Waals surface area contributed by atoms with E-state index >= 15 is 0 Å². The minimum absolute atomic E-state index is 0.0523. The first-order valence-corrected chi connectivity index (χ1v) is 28.0. The second-order valence-electron chi connectivity index (χ2n) is 20.2. The number of likely N-dealkylation sites (N-methyl/N-ethyl adjacent to an activating group) is 1. The fourth-order valence-electron chi connectivity index (χ4n) is 8.43. The largest absolute Gasteiger partial charge is 0.477 e. The van der Waals surface area contributed by atoms with E-state index in [9.17, 15) is 19.5 Å². The summed E-state index contributed by atoms with van der Waals surface area (Å²) in [6.45, 7) is 4.75. The number of allylic oxidation sites excluding steroid dienone is 6. The van der Waals surface area contributed by atoms with Crippen molar-refractivity contribution >= 4 is 17.9 Å². The highest BCUT2D eigenvalue weighted by molar-refractivity contribution is 5.72. The van der Waals surface area contributed by atoms with Gasteiger partial charge in [-0.25, -0.2) is 4.79 Å². The summed E-state index contributed by atoms with van der Waals surface area (Å²) in [6, 6.07) is -0.616. The first-order valence-electron chi connectivity index (χ1n) is 28.0. The number of carbonyl (C=O) groups is 3. The van der Waals surface area contributed by atoms with Crippen LogP contribution in [0.2, 0.25) is 0 Å². The van der Waals surface area contributed by atoms with Crippen LogP contribution in [0, 0.1) is 0 Å². The Hall–Kier alpha value is -2.45. The normalized spacial score (nSPS) is 13.0. The number of quaternary nitrogens is 1. The number of unbranched alkanes of at least 4 members (excludes halogenated alkanes) is 32. The van der Waals surface area contributed by atoms with Gasteiger partial charge in [-0.2, -0.15) is 0 Å². The van der Waals surface area contributed by atoms with Gasteiger partial charge < -0.3 is 23.8 Å². The van der Waals surface area contributed by atoms with Crippen molar-refractivity contribution < 1.29 is 38.2 Å². The van der Waals surface area contributed by atoms with E-state index in [-0.39, 0.29) is 36.2 Å².